The van der Waals surface area contributed by atoms with E-state index < -0.39 is 0 Å². The Balaban J connectivity index is 1.32. The van der Waals surface area contributed by atoms with Crippen molar-refractivity contribution in [2.75, 3.05) is 43.4 Å². The number of amides is 2. The fourth-order valence-electron chi connectivity index (χ4n) is 5.06. The van der Waals surface area contributed by atoms with Gasteiger partial charge in [-0.3, -0.25) is 14.5 Å². The summed E-state index contributed by atoms with van der Waals surface area (Å²) in [6.45, 7) is 4.35. The Morgan fingerprint density at radius 2 is 1.96 bits per heavy atom. The van der Waals surface area contributed by atoms with Crippen LogP contribution in [0.25, 0.3) is 0 Å². The molecule has 144 valence electrons. The minimum atomic E-state index is -0.0634. The molecule has 27 heavy (non-hydrogen) atoms. The Bertz CT molecular complexity index is 761. The van der Waals surface area contributed by atoms with Gasteiger partial charge in [-0.1, -0.05) is 6.42 Å². The molecule has 4 fully saturated rings. The van der Waals surface area contributed by atoms with Crippen LogP contribution in [0.15, 0.2) is 18.2 Å². The van der Waals surface area contributed by atoms with E-state index in [1.54, 1.807) is 0 Å². The van der Waals surface area contributed by atoms with Gasteiger partial charge in [0.05, 0.1) is 17.9 Å². The molecule has 1 aliphatic carbocycles. The molecule has 6 heteroatoms. The van der Waals surface area contributed by atoms with Crippen molar-refractivity contribution < 1.29 is 9.59 Å². The lowest BCUT2D eigenvalue weighted by Crippen LogP contribution is -2.47. The maximum Gasteiger partial charge on any atom is 0.253 e. The van der Waals surface area contributed by atoms with Crippen molar-refractivity contribution in [3.05, 3.63) is 23.8 Å². The third kappa shape index (κ3) is 3.31. The fourth-order valence-corrected chi connectivity index (χ4v) is 5.06. The van der Waals surface area contributed by atoms with Crippen LogP contribution in [0.2, 0.25) is 0 Å². The summed E-state index contributed by atoms with van der Waals surface area (Å²) in [6, 6.07) is 6.11. The number of anilines is 2. The van der Waals surface area contributed by atoms with Crippen LogP contribution in [0, 0.1) is 11.8 Å². The van der Waals surface area contributed by atoms with E-state index in [0.717, 1.165) is 31.2 Å². The number of hydrogen-bond acceptors (Lipinski definition) is 4. The first kappa shape index (κ1) is 17.0. The van der Waals surface area contributed by atoms with E-state index in [-0.39, 0.29) is 18.4 Å². The van der Waals surface area contributed by atoms with Crippen molar-refractivity contribution in [2.24, 2.45) is 11.8 Å². The number of nitrogens with zero attached hydrogens (tertiary/aromatic N) is 2. The predicted octanol–water partition coefficient (Wildman–Crippen LogP) is 2.39. The first-order valence-electron chi connectivity index (χ1n) is 10.4. The molecule has 2 amide bonds. The van der Waals surface area contributed by atoms with Crippen LogP contribution in [-0.2, 0) is 4.79 Å². The molecule has 6 rings (SSSR count). The molecule has 5 aliphatic rings. The molecule has 4 aliphatic heterocycles. The highest BCUT2D eigenvalue weighted by Crippen LogP contribution is 2.34. The molecule has 0 aromatic heterocycles. The summed E-state index contributed by atoms with van der Waals surface area (Å²) >= 11 is 0. The average Bonchev–Trinajstić information content (AvgIpc) is 2.95. The molecule has 6 nitrogen and oxygen atoms in total. The van der Waals surface area contributed by atoms with Crippen molar-refractivity contribution in [1.82, 2.24) is 9.80 Å². The van der Waals surface area contributed by atoms with E-state index in [1.807, 2.05) is 18.2 Å². The molecule has 0 radical (unpaired) electrons. The van der Waals surface area contributed by atoms with E-state index in [9.17, 15) is 9.59 Å². The molecule has 0 spiro atoms. The molecule has 1 saturated carbocycles. The van der Waals surface area contributed by atoms with Gasteiger partial charge in [0.1, 0.15) is 0 Å². The molecule has 4 heterocycles. The molecule has 2 bridgehead atoms. The Morgan fingerprint density at radius 1 is 1.07 bits per heavy atom. The minimum absolute atomic E-state index is 0.0634. The number of hydrogen-bond donors (Lipinski definition) is 2. The molecule has 2 N–H and O–H groups in total. The van der Waals surface area contributed by atoms with Gasteiger partial charge in [-0.25, -0.2) is 0 Å². The lowest BCUT2D eigenvalue weighted by atomic mass is 9.83. The molecule has 3 saturated heterocycles. The van der Waals surface area contributed by atoms with Crippen LogP contribution < -0.4 is 10.6 Å². The SMILES string of the molecule is O=C1CNc2ccc(C(=O)N3C[C@@H]4CC[C@H](C3)N(CC3CCC3)C4)cc2N1. The van der Waals surface area contributed by atoms with Crippen LogP contribution in [0.1, 0.15) is 42.5 Å². The third-order valence-electron chi connectivity index (χ3n) is 6.81. The van der Waals surface area contributed by atoms with Gasteiger partial charge in [0.2, 0.25) is 5.91 Å². The second kappa shape index (κ2) is 6.82. The number of rotatable bonds is 3. The first-order chi connectivity index (χ1) is 13.2. The molecular formula is C21H28N4O2. The average molecular weight is 368 g/mol. The summed E-state index contributed by atoms with van der Waals surface area (Å²) in [4.78, 5) is 29.6. The van der Waals surface area contributed by atoms with Crippen LogP contribution in [0.3, 0.4) is 0 Å². The van der Waals surface area contributed by atoms with Crippen LogP contribution in [0.4, 0.5) is 11.4 Å². The van der Waals surface area contributed by atoms with Gasteiger partial charge >= 0.3 is 0 Å². The first-order valence-corrected chi connectivity index (χ1v) is 10.4. The van der Waals surface area contributed by atoms with Crippen LogP contribution in [0.5, 0.6) is 0 Å². The Morgan fingerprint density at radius 3 is 2.78 bits per heavy atom. The van der Waals surface area contributed by atoms with Crippen molar-refractivity contribution in [2.45, 2.75) is 38.1 Å². The standard InChI is InChI=1S/C21H28N4O2/c26-20-9-22-18-7-5-16(8-19(18)23-20)21(27)25-12-15-4-6-17(13-25)24(11-15)10-14-2-1-3-14/h5,7-8,14-15,17,22H,1-4,6,9-13H2,(H,23,26)/t15-,17-/m1/s1. The summed E-state index contributed by atoms with van der Waals surface area (Å²) in [7, 11) is 0. The molecule has 2 atom stereocenters. The van der Waals surface area contributed by atoms with Gasteiger partial charge < -0.3 is 15.5 Å². The highest BCUT2D eigenvalue weighted by Gasteiger charge is 2.38. The highest BCUT2D eigenvalue weighted by molar-refractivity contribution is 6.03. The quantitative estimate of drug-likeness (QED) is 0.860. The van der Waals surface area contributed by atoms with Crippen molar-refractivity contribution >= 4 is 23.2 Å². The number of piperidine rings is 1. The van der Waals surface area contributed by atoms with E-state index in [1.165, 1.54) is 38.6 Å². The maximum atomic E-state index is 13.2. The summed E-state index contributed by atoms with van der Waals surface area (Å²) in [5, 5.41) is 5.94. The Hall–Kier alpha value is -2.08. The van der Waals surface area contributed by atoms with Crippen molar-refractivity contribution in [1.29, 1.82) is 0 Å². The number of carbonyl (C=O) groups excluding carboxylic acids is 2. The maximum absolute atomic E-state index is 13.2. The van der Waals surface area contributed by atoms with Gasteiger partial charge in [-0.05, 0) is 55.7 Å². The van der Waals surface area contributed by atoms with E-state index in [2.05, 4.69) is 20.4 Å². The molecular weight excluding hydrogens is 340 g/mol. The van der Waals surface area contributed by atoms with Gasteiger partial charge in [0.15, 0.2) is 0 Å². The molecule has 1 aromatic rings. The minimum Gasteiger partial charge on any atom is -0.374 e. The monoisotopic (exact) mass is 368 g/mol. The second-order valence-electron chi connectivity index (χ2n) is 8.72. The van der Waals surface area contributed by atoms with E-state index in [4.69, 9.17) is 0 Å². The van der Waals surface area contributed by atoms with Crippen LogP contribution >= 0.6 is 0 Å². The molecule has 0 unspecified atom stereocenters. The van der Waals surface area contributed by atoms with Crippen molar-refractivity contribution in [3.8, 4) is 0 Å². The number of fused-ring (bicyclic) bond motifs is 5. The zero-order chi connectivity index (χ0) is 18.4. The summed E-state index contributed by atoms with van der Waals surface area (Å²) in [5.41, 5.74) is 2.26. The zero-order valence-corrected chi connectivity index (χ0v) is 15.7. The summed E-state index contributed by atoms with van der Waals surface area (Å²) in [5.74, 6) is 1.50. The van der Waals surface area contributed by atoms with Gasteiger partial charge in [-0.2, -0.15) is 0 Å². The predicted molar refractivity (Wildman–Crippen MR) is 105 cm³/mol. The van der Waals surface area contributed by atoms with E-state index in [0.29, 0.717) is 23.2 Å². The third-order valence-corrected chi connectivity index (χ3v) is 6.81. The smallest absolute Gasteiger partial charge is 0.253 e. The fraction of sp³-hybridized carbons (Fsp3) is 0.619. The lowest BCUT2D eigenvalue weighted by Gasteiger charge is -2.40. The number of nitrogens with one attached hydrogen (secondary N) is 2. The van der Waals surface area contributed by atoms with Gasteiger partial charge in [0.25, 0.3) is 5.91 Å². The number of benzene rings is 1. The van der Waals surface area contributed by atoms with Gasteiger partial charge in [0, 0.05) is 37.8 Å². The highest BCUT2D eigenvalue weighted by atomic mass is 16.2. The topological polar surface area (TPSA) is 64.7 Å². The zero-order valence-electron chi connectivity index (χ0n) is 15.7. The lowest BCUT2D eigenvalue weighted by molar-refractivity contribution is -0.114. The largest absolute Gasteiger partial charge is 0.374 e. The van der Waals surface area contributed by atoms with Crippen molar-refractivity contribution in [3.63, 3.8) is 0 Å². The van der Waals surface area contributed by atoms with Gasteiger partial charge in [-0.15, -0.1) is 0 Å². The normalized spacial score (nSPS) is 28.0. The summed E-state index contributed by atoms with van der Waals surface area (Å²) in [6.07, 6.45) is 6.60. The Labute approximate surface area is 160 Å². The summed E-state index contributed by atoms with van der Waals surface area (Å²) < 4.78 is 0. The number of carbonyl (C=O) groups is 2. The molecule has 1 aromatic carbocycles. The van der Waals surface area contributed by atoms with E-state index >= 15 is 0 Å². The second-order valence-corrected chi connectivity index (χ2v) is 8.72. The van der Waals surface area contributed by atoms with Crippen LogP contribution in [-0.4, -0.2) is 60.4 Å². The Kier molecular flexibility index (Phi) is 4.31.